The highest BCUT2D eigenvalue weighted by Crippen LogP contribution is 2.17. The maximum Gasteiger partial charge on any atom is 0.221 e. The van der Waals surface area contributed by atoms with Crippen LogP contribution in [0.1, 0.15) is 70.6 Å². The van der Waals surface area contributed by atoms with Crippen LogP contribution in [0.15, 0.2) is 4.99 Å². The number of carbonyl (C=O) groups is 1. The van der Waals surface area contributed by atoms with Crippen LogP contribution in [0.5, 0.6) is 0 Å². The number of nitrogens with zero attached hydrogens (tertiary/aromatic N) is 2. The molecule has 1 saturated heterocycles. The maximum atomic E-state index is 12.0. The lowest BCUT2D eigenvalue weighted by atomic mass is 9.95. The predicted molar refractivity (Wildman–Crippen MR) is 124 cm³/mol. The van der Waals surface area contributed by atoms with Crippen molar-refractivity contribution in [1.29, 1.82) is 0 Å². The highest BCUT2D eigenvalue weighted by molar-refractivity contribution is 14.0. The zero-order valence-corrected chi connectivity index (χ0v) is 19.4. The van der Waals surface area contributed by atoms with Gasteiger partial charge in [0.05, 0.1) is 0 Å². The molecule has 0 atom stereocenters. The minimum Gasteiger partial charge on any atom is -0.356 e. The lowest BCUT2D eigenvalue weighted by Crippen LogP contribution is -2.42. The van der Waals surface area contributed by atoms with Crippen LogP contribution in [0.25, 0.3) is 0 Å². The monoisotopic (exact) mass is 493 g/mol. The van der Waals surface area contributed by atoms with Crippen LogP contribution in [0, 0.1) is 0 Å². The first-order chi connectivity index (χ1) is 12.8. The smallest absolute Gasteiger partial charge is 0.221 e. The topological polar surface area (TPSA) is 68.8 Å². The van der Waals surface area contributed by atoms with E-state index in [-0.39, 0.29) is 29.9 Å². The van der Waals surface area contributed by atoms with E-state index in [0.29, 0.717) is 19.0 Å². The minimum atomic E-state index is 0. The molecule has 0 unspecified atom stereocenters. The number of nitrogens with one attached hydrogen (secondary N) is 3. The summed E-state index contributed by atoms with van der Waals surface area (Å²) >= 11 is 0. The molecule has 0 spiro atoms. The zero-order valence-electron chi connectivity index (χ0n) is 17.1. The highest BCUT2D eigenvalue weighted by Gasteiger charge is 2.15. The molecule has 1 aliphatic carbocycles. The highest BCUT2D eigenvalue weighted by atomic mass is 127. The second-order valence-electron chi connectivity index (χ2n) is 7.69. The third kappa shape index (κ3) is 11.1. The first-order valence-corrected chi connectivity index (χ1v) is 10.7. The van der Waals surface area contributed by atoms with Gasteiger partial charge in [-0.1, -0.05) is 32.1 Å². The molecule has 2 rings (SSSR count). The molecule has 158 valence electrons. The Balaban J connectivity index is 0.00000364. The van der Waals surface area contributed by atoms with E-state index in [1.807, 2.05) is 0 Å². The van der Waals surface area contributed by atoms with Gasteiger partial charge in [-0.25, -0.2) is 0 Å². The number of rotatable bonds is 8. The van der Waals surface area contributed by atoms with Gasteiger partial charge in [0.1, 0.15) is 0 Å². The molecule has 0 aromatic heterocycles. The maximum absolute atomic E-state index is 12.0. The minimum absolute atomic E-state index is 0. The fourth-order valence-corrected chi connectivity index (χ4v) is 3.93. The second kappa shape index (κ2) is 15.4. The molecule has 0 bridgehead atoms. The van der Waals surface area contributed by atoms with Gasteiger partial charge in [-0.15, -0.1) is 24.0 Å². The number of aliphatic imine (C=N–C) groups is 1. The molecule has 2 fully saturated rings. The summed E-state index contributed by atoms with van der Waals surface area (Å²) in [6.45, 7) is 5.22. The van der Waals surface area contributed by atoms with Crippen LogP contribution in [0.2, 0.25) is 0 Å². The van der Waals surface area contributed by atoms with Crippen molar-refractivity contribution in [3.63, 3.8) is 0 Å². The van der Waals surface area contributed by atoms with Crippen molar-refractivity contribution in [1.82, 2.24) is 20.9 Å². The largest absolute Gasteiger partial charge is 0.356 e. The van der Waals surface area contributed by atoms with Gasteiger partial charge >= 0.3 is 0 Å². The number of hydrogen-bond donors (Lipinski definition) is 3. The van der Waals surface area contributed by atoms with E-state index >= 15 is 0 Å². The molecule has 0 radical (unpaired) electrons. The van der Waals surface area contributed by atoms with Crippen LogP contribution < -0.4 is 16.0 Å². The molecule has 1 heterocycles. The Labute approximate surface area is 182 Å². The fraction of sp³-hybridized carbons (Fsp3) is 0.900. The average Bonchev–Trinajstić information content (AvgIpc) is 2.93. The fourth-order valence-electron chi connectivity index (χ4n) is 3.93. The van der Waals surface area contributed by atoms with Crippen molar-refractivity contribution < 1.29 is 4.79 Å². The summed E-state index contributed by atoms with van der Waals surface area (Å²) in [5, 5.41) is 9.77. The third-order valence-corrected chi connectivity index (χ3v) is 5.48. The second-order valence-corrected chi connectivity index (χ2v) is 7.69. The molecule has 27 heavy (non-hydrogen) atoms. The van der Waals surface area contributed by atoms with E-state index < -0.39 is 0 Å². The Bertz CT molecular complexity index is 419. The summed E-state index contributed by atoms with van der Waals surface area (Å²) in [4.78, 5) is 18.9. The van der Waals surface area contributed by atoms with Gasteiger partial charge in [0.25, 0.3) is 0 Å². The quantitative estimate of drug-likeness (QED) is 0.211. The zero-order chi connectivity index (χ0) is 18.5. The van der Waals surface area contributed by atoms with Crippen molar-refractivity contribution in [3.8, 4) is 0 Å². The van der Waals surface area contributed by atoms with Crippen molar-refractivity contribution in [3.05, 3.63) is 0 Å². The predicted octanol–water partition coefficient (Wildman–Crippen LogP) is 2.87. The van der Waals surface area contributed by atoms with E-state index in [4.69, 9.17) is 0 Å². The van der Waals surface area contributed by atoms with Crippen molar-refractivity contribution in [2.75, 3.05) is 39.8 Å². The third-order valence-electron chi connectivity index (χ3n) is 5.48. The lowest BCUT2D eigenvalue weighted by Gasteiger charge is -2.23. The molecule has 1 aliphatic heterocycles. The van der Waals surface area contributed by atoms with Crippen molar-refractivity contribution in [2.45, 2.75) is 76.7 Å². The lowest BCUT2D eigenvalue weighted by molar-refractivity contribution is -0.121. The number of amides is 1. The molecule has 3 N–H and O–H groups in total. The summed E-state index contributed by atoms with van der Waals surface area (Å²) in [6, 6.07) is 0.396. The van der Waals surface area contributed by atoms with Gasteiger partial charge in [-0.3, -0.25) is 9.79 Å². The Hall–Kier alpha value is -0.570. The van der Waals surface area contributed by atoms with Crippen molar-refractivity contribution in [2.24, 2.45) is 4.99 Å². The molecule has 6 nitrogen and oxygen atoms in total. The Morgan fingerprint density at radius 1 is 0.963 bits per heavy atom. The SMILES string of the molecule is CN=C(NCCCN1CCCCCC1)NCCC(=O)NC1CCCCC1.I. The van der Waals surface area contributed by atoms with E-state index in [9.17, 15) is 4.79 Å². The molecule has 0 aromatic rings. The average molecular weight is 493 g/mol. The summed E-state index contributed by atoms with van der Waals surface area (Å²) in [5.74, 6) is 0.951. The number of halogens is 1. The molecule has 2 aliphatic rings. The summed E-state index contributed by atoms with van der Waals surface area (Å²) in [7, 11) is 1.78. The molecular weight excluding hydrogens is 453 g/mol. The number of guanidine groups is 1. The van der Waals surface area contributed by atoms with Gasteiger partial charge in [-0.05, 0) is 51.7 Å². The normalized spacial score (nSPS) is 19.7. The van der Waals surface area contributed by atoms with Gasteiger partial charge in [0, 0.05) is 32.6 Å². The van der Waals surface area contributed by atoms with Gasteiger partial charge in [0.15, 0.2) is 5.96 Å². The standard InChI is InChI=1S/C20H39N5O.HI/c1-21-20(22-13-9-17-25-15-7-2-3-8-16-25)23-14-12-19(26)24-18-10-5-4-6-11-18;/h18H,2-17H2,1H3,(H,24,26)(H2,21,22,23);1H. The van der Waals surface area contributed by atoms with Gasteiger partial charge in [-0.2, -0.15) is 0 Å². The Morgan fingerprint density at radius 2 is 1.59 bits per heavy atom. The van der Waals surface area contributed by atoms with Crippen LogP contribution in [0.4, 0.5) is 0 Å². The van der Waals surface area contributed by atoms with Crippen LogP contribution in [0.3, 0.4) is 0 Å². The summed E-state index contributed by atoms with van der Waals surface area (Å²) in [5.41, 5.74) is 0. The van der Waals surface area contributed by atoms with E-state index in [1.165, 1.54) is 58.0 Å². The van der Waals surface area contributed by atoms with Crippen LogP contribution in [-0.2, 0) is 4.79 Å². The van der Waals surface area contributed by atoms with Gasteiger partial charge in [0.2, 0.25) is 5.91 Å². The van der Waals surface area contributed by atoms with E-state index in [1.54, 1.807) is 7.05 Å². The molecule has 7 heteroatoms. The van der Waals surface area contributed by atoms with E-state index in [2.05, 4.69) is 25.8 Å². The molecule has 1 amide bonds. The molecule has 1 saturated carbocycles. The van der Waals surface area contributed by atoms with Crippen molar-refractivity contribution >= 4 is 35.8 Å². The van der Waals surface area contributed by atoms with Crippen LogP contribution in [-0.4, -0.2) is 62.6 Å². The first kappa shape index (κ1) is 24.5. The summed E-state index contributed by atoms with van der Waals surface area (Å²) < 4.78 is 0. The molecule has 0 aromatic carbocycles. The summed E-state index contributed by atoms with van der Waals surface area (Å²) in [6.07, 6.45) is 13.2. The Kier molecular flexibility index (Phi) is 13.9. The first-order valence-electron chi connectivity index (χ1n) is 10.7. The van der Waals surface area contributed by atoms with E-state index in [0.717, 1.165) is 38.3 Å². The number of likely N-dealkylation sites (tertiary alicyclic amines) is 1. The Morgan fingerprint density at radius 3 is 2.26 bits per heavy atom. The van der Waals surface area contributed by atoms with Gasteiger partial charge < -0.3 is 20.9 Å². The van der Waals surface area contributed by atoms with Crippen LogP contribution >= 0.6 is 24.0 Å². The number of carbonyl (C=O) groups excluding carboxylic acids is 1. The number of hydrogen-bond acceptors (Lipinski definition) is 3. The molecular formula is C20H40IN5O.